The van der Waals surface area contributed by atoms with Gasteiger partial charge in [-0.2, -0.15) is 5.10 Å². The fourth-order valence-corrected chi connectivity index (χ4v) is 2.98. The summed E-state index contributed by atoms with van der Waals surface area (Å²) in [7, 11) is 0. The number of nitrogens with zero attached hydrogens (tertiary/aromatic N) is 2. The maximum Gasteiger partial charge on any atom is 0.325 e. The number of hydrogen-bond acceptors (Lipinski definition) is 5. The van der Waals surface area contributed by atoms with Crippen molar-refractivity contribution in [3.8, 4) is 5.69 Å². The van der Waals surface area contributed by atoms with Crippen LogP contribution < -0.4 is 10.6 Å². The third kappa shape index (κ3) is 5.57. The van der Waals surface area contributed by atoms with Crippen LogP contribution in [0.15, 0.2) is 54.6 Å². The van der Waals surface area contributed by atoms with E-state index in [2.05, 4.69) is 15.7 Å². The van der Waals surface area contributed by atoms with Crippen molar-refractivity contribution in [3.05, 3.63) is 77.1 Å². The molecule has 0 unspecified atom stereocenters. The zero-order valence-corrected chi connectivity index (χ0v) is 17.6. The second-order valence-electron chi connectivity index (χ2n) is 7.05. The molecule has 0 saturated carbocycles. The highest BCUT2D eigenvalue weighted by molar-refractivity contribution is 5.96. The molecule has 0 aliphatic rings. The summed E-state index contributed by atoms with van der Waals surface area (Å²) in [6, 6.07) is 16.4. The number of anilines is 1. The molecule has 31 heavy (non-hydrogen) atoms. The van der Waals surface area contributed by atoms with E-state index in [1.165, 1.54) is 0 Å². The molecular weight excluding hydrogens is 396 g/mol. The highest BCUT2D eigenvalue weighted by Crippen LogP contribution is 2.23. The van der Waals surface area contributed by atoms with Crippen molar-refractivity contribution in [1.82, 2.24) is 15.1 Å². The standard InChI is InChI=1S/C23H24N4O4/c1-15-9-11-19(12-10-15)27-17(3)22(16(2)26-27)25-20(28)14-31-21(29)13-24-23(30)18-7-5-4-6-8-18/h4-12H,13-14H2,1-3H3,(H,24,30)(H,25,28). The molecule has 3 rings (SSSR count). The van der Waals surface area contributed by atoms with Crippen molar-refractivity contribution in [1.29, 1.82) is 0 Å². The molecule has 1 aromatic heterocycles. The SMILES string of the molecule is Cc1ccc(-n2nc(C)c(NC(=O)COC(=O)CNC(=O)c3ccccc3)c2C)cc1. The minimum Gasteiger partial charge on any atom is -0.454 e. The topological polar surface area (TPSA) is 102 Å². The Hall–Kier alpha value is -3.94. The zero-order valence-electron chi connectivity index (χ0n) is 17.6. The summed E-state index contributed by atoms with van der Waals surface area (Å²) in [5.74, 6) is -1.59. The van der Waals surface area contributed by atoms with Crippen LogP contribution in [0.25, 0.3) is 5.69 Å². The van der Waals surface area contributed by atoms with Gasteiger partial charge in [-0.3, -0.25) is 14.4 Å². The van der Waals surface area contributed by atoms with Gasteiger partial charge < -0.3 is 15.4 Å². The number of hydrogen-bond donors (Lipinski definition) is 2. The van der Waals surface area contributed by atoms with Crippen molar-refractivity contribution >= 4 is 23.5 Å². The Bertz CT molecular complexity index is 1090. The Morgan fingerprint density at radius 1 is 0.968 bits per heavy atom. The molecule has 8 nitrogen and oxygen atoms in total. The average molecular weight is 420 g/mol. The highest BCUT2D eigenvalue weighted by Gasteiger charge is 2.16. The van der Waals surface area contributed by atoms with Gasteiger partial charge >= 0.3 is 5.97 Å². The Balaban J connectivity index is 1.52. The molecule has 0 saturated heterocycles. The van der Waals surface area contributed by atoms with Crippen molar-refractivity contribution in [2.75, 3.05) is 18.5 Å². The van der Waals surface area contributed by atoms with E-state index in [9.17, 15) is 14.4 Å². The van der Waals surface area contributed by atoms with E-state index in [-0.39, 0.29) is 6.54 Å². The zero-order chi connectivity index (χ0) is 22.4. The molecule has 2 aromatic carbocycles. The van der Waals surface area contributed by atoms with Crippen LogP contribution in [-0.4, -0.2) is 40.7 Å². The second-order valence-corrected chi connectivity index (χ2v) is 7.05. The number of carbonyl (C=O) groups excluding carboxylic acids is 3. The number of aryl methyl sites for hydroxylation is 2. The van der Waals surface area contributed by atoms with Gasteiger partial charge in [-0.1, -0.05) is 35.9 Å². The number of aromatic nitrogens is 2. The fourth-order valence-electron chi connectivity index (χ4n) is 2.98. The number of amides is 2. The summed E-state index contributed by atoms with van der Waals surface area (Å²) in [4.78, 5) is 36.0. The lowest BCUT2D eigenvalue weighted by molar-refractivity contribution is -0.146. The summed E-state index contributed by atoms with van der Waals surface area (Å²) in [6.45, 7) is 4.85. The van der Waals surface area contributed by atoms with E-state index in [1.807, 2.05) is 38.1 Å². The highest BCUT2D eigenvalue weighted by atomic mass is 16.5. The van der Waals surface area contributed by atoms with Crippen molar-refractivity contribution < 1.29 is 19.1 Å². The summed E-state index contributed by atoms with van der Waals surface area (Å²) in [5.41, 5.74) is 4.43. The number of esters is 1. The van der Waals surface area contributed by atoms with Crippen LogP contribution in [0.3, 0.4) is 0 Å². The van der Waals surface area contributed by atoms with Gasteiger partial charge in [0.05, 0.1) is 22.8 Å². The fraction of sp³-hybridized carbons (Fsp3) is 0.217. The minimum atomic E-state index is -0.705. The van der Waals surface area contributed by atoms with Crippen LogP contribution in [0.5, 0.6) is 0 Å². The predicted octanol–water partition coefficient (Wildman–Crippen LogP) is 2.71. The van der Waals surface area contributed by atoms with E-state index in [0.29, 0.717) is 16.9 Å². The quantitative estimate of drug-likeness (QED) is 0.572. The molecule has 3 aromatic rings. The van der Waals surface area contributed by atoms with E-state index in [0.717, 1.165) is 16.9 Å². The molecule has 160 valence electrons. The lowest BCUT2D eigenvalue weighted by atomic mass is 10.2. The van der Waals surface area contributed by atoms with Crippen molar-refractivity contribution in [2.24, 2.45) is 0 Å². The van der Waals surface area contributed by atoms with Gasteiger partial charge in [0.15, 0.2) is 6.61 Å². The normalized spacial score (nSPS) is 10.4. The number of carbonyl (C=O) groups is 3. The minimum absolute atomic E-state index is 0.329. The van der Waals surface area contributed by atoms with Crippen LogP contribution in [0.2, 0.25) is 0 Å². The van der Waals surface area contributed by atoms with Gasteiger partial charge in [-0.05, 0) is 45.0 Å². The molecule has 0 fully saturated rings. The molecule has 0 atom stereocenters. The van der Waals surface area contributed by atoms with Crippen LogP contribution in [0.4, 0.5) is 5.69 Å². The van der Waals surface area contributed by atoms with Crippen LogP contribution in [-0.2, 0) is 14.3 Å². The molecular formula is C23H24N4O4. The maximum atomic E-state index is 12.3. The molecule has 0 aliphatic carbocycles. The Morgan fingerprint density at radius 3 is 2.32 bits per heavy atom. The third-order valence-corrected chi connectivity index (χ3v) is 4.63. The average Bonchev–Trinajstić information content (AvgIpc) is 3.05. The van der Waals surface area contributed by atoms with Gasteiger partial charge in [0.1, 0.15) is 6.54 Å². The summed E-state index contributed by atoms with van der Waals surface area (Å²) >= 11 is 0. The van der Waals surface area contributed by atoms with Gasteiger partial charge in [-0.15, -0.1) is 0 Å². The number of rotatable bonds is 7. The monoisotopic (exact) mass is 420 g/mol. The first-order valence-corrected chi connectivity index (χ1v) is 9.77. The first kappa shape index (κ1) is 21.8. The maximum absolute atomic E-state index is 12.3. The van der Waals surface area contributed by atoms with Crippen molar-refractivity contribution in [3.63, 3.8) is 0 Å². The van der Waals surface area contributed by atoms with E-state index in [1.54, 1.807) is 41.9 Å². The van der Waals surface area contributed by atoms with Gasteiger partial charge in [0, 0.05) is 5.56 Å². The van der Waals surface area contributed by atoms with E-state index >= 15 is 0 Å². The number of nitrogens with one attached hydrogen (secondary N) is 2. The van der Waals surface area contributed by atoms with E-state index < -0.39 is 24.4 Å². The Morgan fingerprint density at radius 2 is 1.65 bits per heavy atom. The van der Waals surface area contributed by atoms with Crippen LogP contribution >= 0.6 is 0 Å². The molecule has 2 amide bonds. The number of ether oxygens (including phenoxy) is 1. The molecule has 0 radical (unpaired) electrons. The smallest absolute Gasteiger partial charge is 0.325 e. The molecule has 0 bridgehead atoms. The Kier molecular flexibility index (Phi) is 6.81. The third-order valence-electron chi connectivity index (χ3n) is 4.63. The van der Waals surface area contributed by atoms with Crippen molar-refractivity contribution in [2.45, 2.75) is 20.8 Å². The summed E-state index contributed by atoms with van der Waals surface area (Å²) in [5, 5.41) is 9.68. The summed E-state index contributed by atoms with van der Waals surface area (Å²) < 4.78 is 6.70. The van der Waals surface area contributed by atoms with E-state index in [4.69, 9.17) is 4.74 Å². The van der Waals surface area contributed by atoms with Gasteiger partial charge in [0.2, 0.25) is 0 Å². The largest absolute Gasteiger partial charge is 0.454 e. The first-order valence-electron chi connectivity index (χ1n) is 9.77. The lowest BCUT2D eigenvalue weighted by Gasteiger charge is -2.09. The van der Waals surface area contributed by atoms with Crippen LogP contribution in [0.1, 0.15) is 27.3 Å². The molecule has 0 aliphatic heterocycles. The summed E-state index contributed by atoms with van der Waals surface area (Å²) in [6.07, 6.45) is 0. The molecule has 0 spiro atoms. The number of benzene rings is 2. The van der Waals surface area contributed by atoms with Gasteiger partial charge in [-0.25, -0.2) is 4.68 Å². The van der Waals surface area contributed by atoms with Gasteiger partial charge in [0.25, 0.3) is 11.8 Å². The molecule has 1 heterocycles. The lowest BCUT2D eigenvalue weighted by Crippen LogP contribution is -2.32. The predicted molar refractivity (Wildman–Crippen MR) is 116 cm³/mol. The second kappa shape index (κ2) is 9.71. The molecule has 8 heteroatoms. The Labute approximate surface area is 180 Å². The first-order chi connectivity index (χ1) is 14.8. The molecule has 2 N–H and O–H groups in total. The van der Waals surface area contributed by atoms with Crippen LogP contribution in [0, 0.1) is 20.8 Å².